The number of nitrogens with one attached hydrogen (secondary N) is 1. The van der Waals surface area contributed by atoms with Crippen LogP contribution in [0.2, 0.25) is 0 Å². The molecule has 0 atom stereocenters. The highest BCUT2D eigenvalue weighted by Gasteiger charge is 2.10. The lowest BCUT2D eigenvalue weighted by Gasteiger charge is -2.04. The predicted octanol–water partition coefficient (Wildman–Crippen LogP) is 4.06. The molecule has 0 radical (unpaired) electrons. The molecule has 0 saturated carbocycles. The number of nitrogens with zero attached hydrogens (tertiary/aromatic N) is 2. The van der Waals surface area contributed by atoms with Gasteiger partial charge in [0.1, 0.15) is 5.82 Å². The highest BCUT2D eigenvalue weighted by molar-refractivity contribution is 7.99. The van der Waals surface area contributed by atoms with Crippen LogP contribution in [-0.4, -0.2) is 21.8 Å². The standard InChI is InChI=1S/C18H16FN3O2S/c1-12-5-7-13(8-6-12)18-21-17(24-22-18)11-25-10-16(23)20-15-4-2-3-14(19)9-15/h2-9H,10-11H2,1H3,(H,20,23). The number of carbonyl (C=O) groups is 1. The number of hydrogen-bond donors (Lipinski definition) is 1. The van der Waals surface area contributed by atoms with Gasteiger partial charge in [-0.2, -0.15) is 4.98 Å². The fraction of sp³-hybridized carbons (Fsp3) is 0.167. The number of rotatable bonds is 6. The molecule has 128 valence electrons. The van der Waals surface area contributed by atoms with Gasteiger partial charge in [0.25, 0.3) is 0 Å². The van der Waals surface area contributed by atoms with Gasteiger partial charge in [0, 0.05) is 11.3 Å². The van der Waals surface area contributed by atoms with Crippen LogP contribution in [0.15, 0.2) is 53.1 Å². The zero-order valence-electron chi connectivity index (χ0n) is 13.5. The minimum Gasteiger partial charge on any atom is -0.338 e. The third-order valence-corrected chi connectivity index (χ3v) is 4.26. The third kappa shape index (κ3) is 4.90. The molecule has 3 aromatic rings. The molecule has 0 saturated heterocycles. The van der Waals surface area contributed by atoms with Crippen molar-refractivity contribution in [3.63, 3.8) is 0 Å². The average Bonchev–Trinajstić information content (AvgIpc) is 3.04. The summed E-state index contributed by atoms with van der Waals surface area (Å²) in [5.74, 6) is 1.02. The molecule has 25 heavy (non-hydrogen) atoms. The predicted molar refractivity (Wildman–Crippen MR) is 95.7 cm³/mol. The zero-order valence-corrected chi connectivity index (χ0v) is 14.3. The van der Waals surface area contributed by atoms with Crippen LogP contribution in [0.4, 0.5) is 10.1 Å². The minimum absolute atomic E-state index is 0.207. The molecule has 0 bridgehead atoms. The van der Waals surface area contributed by atoms with Crippen LogP contribution < -0.4 is 5.32 Å². The number of benzene rings is 2. The van der Waals surface area contributed by atoms with Gasteiger partial charge in [0.15, 0.2) is 0 Å². The monoisotopic (exact) mass is 357 g/mol. The molecule has 3 rings (SSSR count). The average molecular weight is 357 g/mol. The highest BCUT2D eigenvalue weighted by Crippen LogP contribution is 2.19. The van der Waals surface area contributed by atoms with Gasteiger partial charge < -0.3 is 9.84 Å². The Bertz CT molecular complexity index is 865. The molecule has 0 aliphatic heterocycles. The Morgan fingerprint density at radius 3 is 2.80 bits per heavy atom. The molecule has 0 aliphatic rings. The quantitative estimate of drug-likeness (QED) is 0.721. The van der Waals surface area contributed by atoms with Gasteiger partial charge >= 0.3 is 0 Å². The number of thioether (sulfide) groups is 1. The Hall–Kier alpha value is -2.67. The van der Waals surface area contributed by atoms with Gasteiger partial charge in [0.05, 0.1) is 11.5 Å². The molecule has 1 N–H and O–H groups in total. The largest absolute Gasteiger partial charge is 0.338 e. The van der Waals surface area contributed by atoms with E-state index in [2.05, 4.69) is 15.5 Å². The van der Waals surface area contributed by atoms with Gasteiger partial charge in [-0.3, -0.25) is 4.79 Å². The molecule has 5 nitrogen and oxygen atoms in total. The number of hydrogen-bond acceptors (Lipinski definition) is 5. The van der Waals surface area contributed by atoms with Crippen LogP contribution in [0.3, 0.4) is 0 Å². The maximum Gasteiger partial charge on any atom is 0.236 e. The van der Waals surface area contributed by atoms with E-state index < -0.39 is 0 Å². The maximum atomic E-state index is 13.1. The second kappa shape index (κ2) is 7.94. The van der Waals surface area contributed by atoms with Gasteiger partial charge in [-0.15, -0.1) is 11.8 Å². The number of carbonyl (C=O) groups excluding carboxylic acids is 1. The van der Waals surface area contributed by atoms with Gasteiger partial charge in [0.2, 0.25) is 17.6 Å². The number of amides is 1. The Balaban J connectivity index is 1.49. The highest BCUT2D eigenvalue weighted by atomic mass is 32.2. The van der Waals surface area contributed by atoms with Crippen molar-refractivity contribution in [3.05, 3.63) is 65.8 Å². The summed E-state index contributed by atoms with van der Waals surface area (Å²) >= 11 is 1.35. The summed E-state index contributed by atoms with van der Waals surface area (Å²) in [7, 11) is 0. The van der Waals surface area contributed by atoms with E-state index in [1.54, 1.807) is 12.1 Å². The first kappa shape index (κ1) is 17.2. The van der Waals surface area contributed by atoms with E-state index in [1.807, 2.05) is 31.2 Å². The maximum absolute atomic E-state index is 13.1. The van der Waals surface area contributed by atoms with Crippen LogP contribution in [0, 0.1) is 12.7 Å². The minimum atomic E-state index is -0.389. The Labute approximate surface area is 148 Å². The van der Waals surface area contributed by atoms with E-state index >= 15 is 0 Å². The van der Waals surface area contributed by atoms with E-state index in [-0.39, 0.29) is 17.5 Å². The van der Waals surface area contributed by atoms with Crippen molar-refractivity contribution in [2.75, 3.05) is 11.1 Å². The summed E-state index contributed by atoms with van der Waals surface area (Å²) in [6.45, 7) is 2.01. The van der Waals surface area contributed by atoms with Crippen LogP contribution in [0.5, 0.6) is 0 Å². The molecule has 1 heterocycles. The lowest BCUT2D eigenvalue weighted by Crippen LogP contribution is -2.14. The first-order valence-electron chi connectivity index (χ1n) is 7.63. The van der Waals surface area contributed by atoms with Crippen molar-refractivity contribution < 1.29 is 13.7 Å². The number of anilines is 1. The molecule has 0 fully saturated rings. The second-order valence-corrected chi connectivity index (χ2v) is 6.41. The van der Waals surface area contributed by atoms with Crippen molar-refractivity contribution in [3.8, 4) is 11.4 Å². The lowest BCUT2D eigenvalue weighted by molar-refractivity contribution is -0.113. The van der Waals surface area contributed by atoms with E-state index in [0.717, 1.165) is 11.1 Å². The first-order chi connectivity index (χ1) is 12.1. The fourth-order valence-electron chi connectivity index (χ4n) is 2.13. The van der Waals surface area contributed by atoms with E-state index in [0.29, 0.717) is 23.2 Å². The van der Waals surface area contributed by atoms with E-state index in [1.165, 1.54) is 23.9 Å². The summed E-state index contributed by atoms with van der Waals surface area (Å²) in [4.78, 5) is 16.2. The Morgan fingerprint density at radius 2 is 2.04 bits per heavy atom. The smallest absolute Gasteiger partial charge is 0.236 e. The van der Waals surface area contributed by atoms with Crippen molar-refractivity contribution >= 4 is 23.4 Å². The number of aryl methyl sites for hydroxylation is 1. The van der Waals surface area contributed by atoms with Crippen LogP contribution in [0.25, 0.3) is 11.4 Å². The van der Waals surface area contributed by atoms with Crippen molar-refractivity contribution in [1.29, 1.82) is 0 Å². The normalized spacial score (nSPS) is 10.6. The van der Waals surface area contributed by atoms with Crippen LogP contribution in [-0.2, 0) is 10.5 Å². The number of aromatic nitrogens is 2. The first-order valence-corrected chi connectivity index (χ1v) is 8.78. The summed E-state index contributed by atoms with van der Waals surface area (Å²) < 4.78 is 18.3. The Kier molecular flexibility index (Phi) is 5.45. The second-order valence-electron chi connectivity index (χ2n) is 5.43. The van der Waals surface area contributed by atoms with Gasteiger partial charge in [-0.05, 0) is 25.1 Å². The van der Waals surface area contributed by atoms with Gasteiger partial charge in [-0.1, -0.05) is 41.1 Å². The van der Waals surface area contributed by atoms with Gasteiger partial charge in [-0.25, -0.2) is 4.39 Å². The zero-order chi connectivity index (χ0) is 17.6. The molecular weight excluding hydrogens is 341 g/mol. The molecule has 2 aromatic carbocycles. The summed E-state index contributed by atoms with van der Waals surface area (Å²) in [5, 5.41) is 6.59. The SMILES string of the molecule is Cc1ccc(-c2noc(CSCC(=O)Nc3cccc(F)c3)n2)cc1. The van der Waals surface area contributed by atoms with Crippen LogP contribution >= 0.6 is 11.8 Å². The van der Waals surface area contributed by atoms with Crippen LogP contribution in [0.1, 0.15) is 11.5 Å². The molecule has 0 aliphatic carbocycles. The summed E-state index contributed by atoms with van der Waals surface area (Å²) in [6.07, 6.45) is 0. The third-order valence-electron chi connectivity index (χ3n) is 3.34. The van der Waals surface area contributed by atoms with E-state index in [9.17, 15) is 9.18 Å². The fourth-order valence-corrected chi connectivity index (χ4v) is 2.78. The molecule has 0 spiro atoms. The lowest BCUT2D eigenvalue weighted by atomic mass is 10.1. The summed E-state index contributed by atoms with van der Waals surface area (Å²) in [5.41, 5.74) is 2.48. The van der Waals surface area contributed by atoms with E-state index in [4.69, 9.17) is 4.52 Å². The van der Waals surface area contributed by atoms with Crippen molar-refractivity contribution in [2.45, 2.75) is 12.7 Å². The summed E-state index contributed by atoms with van der Waals surface area (Å²) in [6, 6.07) is 13.6. The molecular formula is C18H16FN3O2S. The van der Waals surface area contributed by atoms with Crippen molar-refractivity contribution in [1.82, 2.24) is 10.1 Å². The molecule has 0 unspecified atom stereocenters. The molecule has 1 aromatic heterocycles. The molecule has 7 heteroatoms. The molecule has 1 amide bonds. The topological polar surface area (TPSA) is 68.0 Å². The number of halogens is 1. The van der Waals surface area contributed by atoms with Crippen molar-refractivity contribution in [2.24, 2.45) is 0 Å². The Morgan fingerprint density at radius 1 is 1.24 bits per heavy atom.